The molecule has 0 amide bonds. The molecule has 1 N–H and O–H groups in total. The zero-order valence-electron chi connectivity index (χ0n) is 11.6. The van der Waals surface area contributed by atoms with Crippen LogP contribution in [0, 0.1) is 0 Å². The fourth-order valence-corrected chi connectivity index (χ4v) is 2.42. The Labute approximate surface area is 127 Å². The van der Waals surface area contributed by atoms with Crippen LogP contribution >= 0.6 is 0 Å². The van der Waals surface area contributed by atoms with Crippen LogP contribution in [0.5, 0.6) is 5.75 Å². The topological polar surface area (TPSA) is 63.3 Å². The van der Waals surface area contributed by atoms with E-state index in [4.69, 9.17) is 4.42 Å². The molecule has 2 heterocycles. The van der Waals surface area contributed by atoms with Crippen LogP contribution in [-0.4, -0.2) is 16.3 Å². The first-order chi connectivity index (χ1) is 10.8. The van der Waals surface area contributed by atoms with E-state index in [9.17, 15) is 23.1 Å². The number of pyridine rings is 1. The van der Waals surface area contributed by atoms with E-state index in [0.717, 1.165) is 6.08 Å². The van der Waals surface area contributed by atoms with E-state index in [0.29, 0.717) is 0 Å². The SMILES string of the molecule is C=C1C=CC(c2c(O)c3ncccc3oc2=O)=C(C(F)(F)F)C1. The fraction of sp³-hybridized carbons (Fsp3) is 0.125. The van der Waals surface area contributed by atoms with Crippen LogP contribution < -0.4 is 5.63 Å². The van der Waals surface area contributed by atoms with E-state index in [1.807, 2.05) is 0 Å². The molecule has 1 aliphatic carbocycles. The molecule has 0 saturated carbocycles. The Kier molecular flexibility index (Phi) is 3.35. The number of aromatic nitrogens is 1. The molecule has 0 spiro atoms. The molecule has 4 nitrogen and oxygen atoms in total. The van der Waals surface area contributed by atoms with E-state index in [1.54, 1.807) is 0 Å². The minimum absolute atomic E-state index is 0.00268. The van der Waals surface area contributed by atoms with E-state index in [1.165, 1.54) is 24.4 Å². The molecule has 3 rings (SSSR count). The van der Waals surface area contributed by atoms with E-state index >= 15 is 0 Å². The lowest BCUT2D eigenvalue weighted by atomic mass is 9.90. The smallest absolute Gasteiger partial charge is 0.413 e. The van der Waals surface area contributed by atoms with Gasteiger partial charge in [0, 0.05) is 23.8 Å². The van der Waals surface area contributed by atoms with Crippen molar-refractivity contribution >= 4 is 16.7 Å². The number of rotatable bonds is 1. The summed E-state index contributed by atoms with van der Waals surface area (Å²) in [6, 6.07) is 2.88. The molecule has 0 atom stereocenters. The molecule has 0 radical (unpaired) electrons. The van der Waals surface area contributed by atoms with Gasteiger partial charge >= 0.3 is 11.8 Å². The summed E-state index contributed by atoms with van der Waals surface area (Å²) in [5.74, 6) is -0.634. The fourth-order valence-electron chi connectivity index (χ4n) is 2.42. The van der Waals surface area contributed by atoms with Crippen LogP contribution in [-0.2, 0) is 0 Å². The quantitative estimate of drug-likeness (QED) is 0.869. The second-order valence-electron chi connectivity index (χ2n) is 5.02. The average Bonchev–Trinajstić information content (AvgIpc) is 2.47. The monoisotopic (exact) mass is 321 g/mol. The molecule has 118 valence electrons. The Balaban J connectivity index is 2.37. The summed E-state index contributed by atoms with van der Waals surface area (Å²) in [6.07, 6.45) is -1.32. The summed E-state index contributed by atoms with van der Waals surface area (Å²) in [7, 11) is 0. The van der Waals surface area contributed by atoms with Crippen molar-refractivity contribution in [2.45, 2.75) is 12.6 Å². The number of aromatic hydroxyl groups is 1. The standard InChI is InChI=1S/C16H10F3NO3/c1-8-4-5-9(10(7-8)16(17,18)19)12-14(21)13-11(23-15(12)22)3-2-6-20-13/h2-6,21H,1,7H2. The summed E-state index contributed by atoms with van der Waals surface area (Å²) in [6.45, 7) is 3.50. The van der Waals surface area contributed by atoms with Crippen LogP contribution in [0.2, 0.25) is 0 Å². The Morgan fingerprint density at radius 2 is 2.04 bits per heavy atom. The summed E-state index contributed by atoms with van der Waals surface area (Å²) in [4.78, 5) is 15.9. The van der Waals surface area contributed by atoms with Gasteiger partial charge in [0.15, 0.2) is 11.3 Å². The van der Waals surface area contributed by atoms with Gasteiger partial charge in [-0.3, -0.25) is 0 Å². The van der Waals surface area contributed by atoms with Gasteiger partial charge in [0.05, 0.1) is 0 Å². The molecule has 1 aliphatic rings. The van der Waals surface area contributed by atoms with Gasteiger partial charge in [0.1, 0.15) is 11.1 Å². The van der Waals surface area contributed by atoms with Crippen molar-refractivity contribution in [3.05, 3.63) is 64.2 Å². The summed E-state index contributed by atoms with van der Waals surface area (Å²) in [5.41, 5.74) is -2.81. The first kappa shape index (κ1) is 15.1. The van der Waals surface area contributed by atoms with Crippen LogP contribution in [0.15, 0.2) is 57.4 Å². The third kappa shape index (κ3) is 2.54. The first-order valence-corrected chi connectivity index (χ1v) is 6.56. The molecule has 0 unspecified atom stereocenters. The highest BCUT2D eigenvalue weighted by Gasteiger charge is 2.38. The molecular weight excluding hydrogens is 311 g/mol. The average molecular weight is 321 g/mol. The van der Waals surface area contributed by atoms with Gasteiger partial charge in [-0.05, 0) is 12.1 Å². The Morgan fingerprint density at radius 3 is 2.74 bits per heavy atom. The molecule has 0 bridgehead atoms. The van der Waals surface area contributed by atoms with Gasteiger partial charge in [-0.1, -0.05) is 24.3 Å². The zero-order chi connectivity index (χ0) is 16.8. The third-order valence-electron chi connectivity index (χ3n) is 3.46. The van der Waals surface area contributed by atoms with Gasteiger partial charge in [0.2, 0.25) is 0 Å². The Morgan fingerprint density at radius 1 is 1.30 bits per heavy atom. The van der Waals surface area contributed by atoms with E-state index in [2.05, 4.69) is 11.6 Å². The predicted molar refractivity (Wildman–Crippen MR) is 77.8 cm³/mol. The number of halogens is 3. The van der Waals surface area contributed by atoms with Crippen molar-refractivity contribution in [3.8, 4) is 5.75 Å². The van der Waals surface area contributed by atoms with Crippen molar-refractivity contribution in [2.75, 3.05) is 0 Å². The summed E-state index contributed by atoms with van der Waals surface area (Å²) in [5, 5.41) is 10.3. The van der Waals surface area contributed by atoms with E-state index in [-0.39, 0.29) is 16.7 Å². The van der Waals surface area contributed by atoms with Crippen molar-refractivity contribution in [3.63, 3.8) is 0 Å². The van der Waals surface area contributed by atoms with Crippen LogP contribution in [0.25, 0.3) is 16.7 Å². The first-order valence-electron chi connectivity index (χ1n) is 6.56. The van der Waals surface area contributed by atoms with Gasteiger partial charge < -0.3 is 9.52 Å². The molecule has 0 aliphatic heterocycles. The number of alkyl halides is 3. The Hall–Kier alpha value is -2.83. The molecule has 7 heteroatoms. The van der Waals surface area contributed by atoms with Gasteiger partial charge in [-0.15, -0.1) is 0 Å². The maximum absolute atomic E-state index is 13.3. The van der Waals surface area contributed by atoms with Crippen molar-refractivity contribution < 1.29 is 22.7 Å². The van der Waals surface area contributed by atoms with Crippen LogP contribution in [0.3, 0.4) is 0 Å². The lowest BCUT2D eigenvalue weighted by molar-refractivity contribution is -0.0925. The predicted octanol–water partition coefficient (Wildman–Crippen LogP) is 3.73. The molecule has 2 aromatic heterocycles. The molecule has 0 aromatic carbocycles. The Bertz CT molecular complexity index is 936. The number of allylic oxidation sites excluding steroid dienone is 5. The minimum atomic E-state index is -4.67. The second kappa shape index (κ2) is 5.12. The summed E-state index contributed by atoms with van der Waals surface area (Å²) >= 11 is 0. The van der Waals surface area contributed by atoms with Gasteiger partial charge in [0.25, 0.3) is 0 Å². The lowest BCUT2D eigenvalue weighted by Gasteiger charge is -2.20. The van der Waals surface area contributed by atoms with Crippen molar-refractivity contribution in [2.24, 2.45) is 0 Å². The number of hydrogen-bond donors (Lipinski definition) is 1. The molecular formula is C16H10F3NO3. The highest BCUT2D eigenvalue weighted by molar-refractivity contribution is 5.90. The molecule has 0 fully saturated rings. The number of nitrogens with zero attached hydrogens (tertiary/aromatic N) is 1. The maximum atomic E-state index is 13.3. The lowest BCUT2D eigenvalue weighted by Crippen LogP contribution is -2.18. The zero-order valence-corrected chi connectivity index (χ0v) is 11.6. The maximum Gasteiger partial charge on any atom is 0.413 e. The van der Waals surface area contributed by atoms with Crippen LogP contribution in [0.1, 0.15) is 12.0 Å². The number of hydrogen-bond acceptors (Lipinski definition) is 4. The highest BCUT2D eigenvalue weighted by Crippen LogP contribution is 2.41. The molecule has 2 aromatic rings. The molecule has 0 saturated heterocycles. The molecule has 23 heavy (non-hydrogen) atoms. The number of fused-ring (bicyclic) bond motifs is 1. The van der Waals surface area contributed by atoms with Gasteiger partial charge in [-0.2, -0.15) is 13.2 Å². The third-order valence-corrected chi connectivity index (χ3v) is 3.46. The van der Waals surface area contributed by atoms with E-state index < -0.39 is 40.7 Å². The van der Waals surface area contributed by atoms with Crippen LogP contribution in [0.4, 0.5) is 13.2 Å². The highest BCUT2D eigenvalue weighted by atomic mass is 19.4. The second-order valence-corrected chi connectivity index (χ2v) is 5.02. The summed E-state index contributed by atoms with van der Waals surface area (Å²) < 4.78 is 44.8. The normalized spacial score (nSPS) is 15.5. The van der Waals surface area contributed by atoms with Crippen molar-refractivity contribution in [1.82, 2.24) is 4.98 Å². The van der Waals surface area contributed by atoms with Gasteiger partial charge in [-0.25, -0.2) is 9.78 Å². The largest absolute Gasteiger partial charge is 0.505 e. The minimum Gasteiger partial charge on any atom is -0.505 e. The van der Waals surface area contributed by atoms with Crippen molar-refractivity contribution in [1.29, 1.82) is 0 Å².